The van der Waals surface area contributed by atoms with Gasteiger partial charge in [0.1, 0.15) is 0 Å². The summed E-state index contributed by atoms with van der Waals surface area (Å²) in [5.74, 6) is 0.894. The van der Waals surface area contributed by atoms with Gasteiger partial charge < -0.3 is 9.72 Å². The van der Waals surface area contributed by atoms with Crippen LogP contribution in [-0.2, 0) is 11.3 Å². The lowest BCUT2D eigenvalue weighted by molar-refractivity contribution is 0.185. The number of benzene rings is 1. The molecular formula is C17H22N4OS. The van der Waals surface area contributed by atoms with Gasteiger partial charge in [0.05, 0.1) is 13.2 Å². The van der Waals surface area contributed by atoms with Crippen molar-refractivity contribution in [2.45, 2.75) is 37.2 Å². The fourth-order valence-corrected chi connectivity index (χ4v) is 3.40. The fraction of sp³-hybridized carbons (Fsp3) is 0.412. The molecule has 2 heterocycles. The number of ether oxygens (including phenoxy) is 1. The molecule has 0 saturated carbocycles. The standard InChI is InChI=1S/C17H22N4OS/c1-4-12(2)23-17-20-19-16(21(17)9-10-22-3)14-11-18-15-8-6-5-7-13(14)15/h5-8,11-12,18H,4,9-10H2,1-3H3/t12-/m0/s1. The molecule has 0 unspecified atom stereocenters. The van der Waals surface area contributed by atoms with Crippen LogP contribution in [0, 0.1) is 0 Å². The van der Waals surface area contributed by atoms with Crippen LogP contribution in [0.3, 0.4) is 0 Å². The van der Waals surface area contributed by atoms with Crippen molar-refractivity contribution in [2.75, 3.05) is 13.7 Å². The van der Waals surface area contributed by atoms with Gasteiger partial charge in [-0.15, -0.1) is 10.2 Å². The summed E-state index contributed by atoms with van der Waals surface area (Å²) in [7, 11) is 1.72. The quantitative estimate of drug-likeness (QED) is 0.666. The number of para-hydroxylation sites is 1. The van der Waals surface area contributed by atoms with E-state index in [1.165, 1.54) is 5.39 Å². The summed E-state index contributed by atoms with van der Waals surface area (Å²) in [6.07, 6.45) is 3.11. The highest BCUT2D eigenvalue weighted by Gasteiger charge is 2.18. The van der Waals surface area contributed by atoms with Gasteiger partial charge in [-0.25, -0.2) is 0 Å². The van der Waals surface area contributed by atoms with Crippen molar-refractivity contribution in [3.8, 4) is 11.4 Å². The lowest BCUT2D eigenvalue weighted by atomic mass is 10.1. The third kappa shape index (κ3) is 3.28. The van der Waals surface area contributed by atoms with Gasteiger partial charge in [-0.3, -0.25) is 4.57 Å². The van der Waals surface area contributed by atoms with Crippen molar-refractivity contribution in [3.63, 3.8) is 0 Å². The van der Waals surface area contributed by atoms with Gasteiger partial charge in [0.25, 0.3) is 0 Å². The molecule has 0 aliphatic heterocycles. The molecule has 0 aliphatic carbocycles. The number of hydrogen-bond acceptors (Lipinski definition) is 4. The Morgan fingerprint density at radius 2 is 2.13 bits per heavy atom. The molecule has 0 aliphatic rings. The van der Waals surface area contributed by atoms with Crippen LogP contribution in [0.1, 0.15) is 20.3 Å². The number of H-pyrrole nitrogens is 1. The van der Waals surface area contributed by atoms with E-state index < -0.39 is 0 Å². The second-order valence-electron chi connectivity index (χ2n) is 5.54. The minimum atomic E-state index is 0.510. The summed E-state index contributed by atoms with van der Waals surface area (Å²) in [4.78, 5) is 3.31. The number of rotatable bonds is 7. The number of thioether (sulfide) groups is 1. The molecule has 0 spiro atoms. The Balaban J connectivity index is 2.04. The normalized spacial score (nSPS) is 12.8. The minimum Gasteiger partial charge on any atom is -0.383 e. The van der Waals surface area contributed by atoms with Gasteiger partial charge >= 0.3 is 0 Å². The Morgan fingerprint density at radius 3 is 2.91 bits per heavy atom. The van der Waals surface area contributed by atoms with Gasteiger partial charge in [-0.1, -0.05) is 43.8 Å². The van der Waals surface area contributed by atoms with Gasteiger partial charge in [-0.05, 0) is 12.5 Å². The molecule has 1 N–H and O–H groups in total. The maximum atomic E-state index is 5.27. The Bertz CT molecular complexity index is 780. The van der Waals surface area contributed by atoms with Crippen molar-refractivity contribution in [3.05, 3.63) is 30.5 Å². The fourth-order valence-electron chi connectivity index (χ4n) is 2.48. The van der Waals surface area contributed by atoms with Crippen LogP contribution in [0.25, 0.3) is 22.3 Å². The highest BCUT2D eigenvalue weighted by molar-refractivity contribution is 7.99. The van der Waals surface area contributed by atoms with Crippen molar-refractivity contribution in [2.24, 2.45) is 0 Å². The van der Waals surface area contributed by atoms with Crippen LogP contribution in [0.15, 0.2) is 35.6 Å². The van der Waals surface area contributed by atoms with Crippen molar-refractivity contribution < 1.29 is 4.74 Å². The van der Waals surface area contributed by atoms with Gasteiger partial charge in [0.2, 0.25) is 0 Å². The zero-order valence-corrected chi connectivity index (χ0v) is 14.6. The van der Waals surface area contributed by atoms with E-state index in [1.807, 2.05) is 18.3 Å². The van der Waals surface area contributed by atoms with Crippen LogP contribution in [0.4, 0.5) is 0 Å². The molecule has 3 rings (SSSR count). The second kappa shape index (κ2) is 7.19. The topological polar surface area (TPSA) is 55.7 Å². The van der Waals surface area contributed by atoms with Crippen LogP contribution in [-0.4, -0.2) is 38.7 Å². The van der Waals surface area contributed by atoms with Crippen molar-refractivity contribution >= 4 is 22.7 Å². The monoisotopic (exact) mass is 330 g/mol. The Kier molecular flexibility index (Phi) is 5.03. The first-order chi connectivity index (χ1) is 11.2. The first-order valence-corrected chi connectivity index (χ1v) is 8.77. The van der Waals surface area contributed by atoms with Crippen LogP contribution in [0.2, 0.25) is 0 Å². The van der Waals surface area contributed by atoms with Crippen LogP contribution in [0.5, 0.6) is 0 Å². The molecule has 0 fully saturated rings. The number of methoxy groups -OCH3 is 1. The molecule has 0 saturated heterocycles. The van der Waals surface area contributed by atoms with Crippen LogP contribution >= 0.6 is 11.8 Å². The maximum absolute atomic E-state index is 5.27. The SMILES string of the molecule is CC[C@H](C)Sc1nnc(-c2c[nH]c3ccccc23)n1CCOC. The summed E-state index contributed by atoms with van der Waals surface area (Å²) in [5.41, 5.74) is 2.19. The molecule has 0 bridgehead atoms. The highest BCUT2D eigenvalue weighted by Crippen LogP contribution is 2.31. The van der Waals surface area contributed by atoms with Gasteiger partial charge in [-0.2, -0.15) is 0 Å². The Morgan fingerprint density at radius 1 is 1.30 bits per heavy atom. The maximum Gasteiger partial charge on any atom is 0.191 e. The molecule has 1 aromatic carbocycles. The average Bonchev–Trinajstić information content (AvgIpc) is 3.16. The molecule has 3 aromatic rings. The minimum absolute atomic E-state index is 0.510. The molecule has 23 heavy (non-hydrogen) atoms. The molecule has 6 heteroatoms. The number of fused-ring (bicyclic) bond motifs is 1. The van der Waals surface area contributed by atoms with E-state index in [0.717, 1.165) is 35.0 Å². The first-order valence-electron chi connectivity index (χ1n) is 7.89. The third-order valence-corrected chi connectivity index (χ3v) is 5.20. The van der Waals surface area contributed by atoms with E-state index in [-0.39, 0.29) is 0 Å². The average molecular weight is 330 g/mol. The lowest BCUT2D eigenvalue weighted by Crippen LogP contribution is -2.08. The zero-order chi connectivity index (χ0) is 16.2. The largest absolute Gasteiger partial charge is 0.383 e. The van der Waals surface area contributed by atoms with Crippen molar-refractivity contribution in [1.29, 1.82) is 0 Å². The second-order valence-corrected chi connectivity index (χ2v) is 6.94. The molecule has 5 nitrogen and oxygen atoms in total. The van der Waals surface area contributed by atoms with E-state index in [4.69, 9.17) is 4.74 Å². The third-order valence-electron chi connectivity index (χ3n) is 3.95. The molecular weight excluding hydrogens is 308 g/mol. The highest BCUT2D eigenvalue weighted by atomic mass is 32.2. The summed E-state index contributed by atoms with van der Waals surface area (Å²) in [5, 5.41) is 11.5. The van der Waals surface area contributed by atoms with Crippen molar-refractivity contribution in [1.82, 2.24) is 19.7 Å². The molecule has 1 atom stereocenters. The van der Waals surface area contributed by atoms with E-state index in [0.29, 0.717) is 11.9 Å². The smallest absolute Gasteiger partial charge is 0.191 e. The molecule has 0 radical (unpaired) electrons. The lowest BCUT2D eigenvalue weighted by Gasteiger charge is -2.11. The summed E-state index contributed by atoms with van der Waals surface area (Å²) in [6, 6.07) is 8.26. The van der Waals surface area contributed by atoms with Gasteiger partial charge in [0, 0.05) is 35.0 Å². The Labute approximate surface area is 140 Å². The number of nitrogens with one attached hydrogen (secondary N) is 1. The van der Waals surface area contributed by atoms with E-state index in [2.05, 4.69) is 45.7 Å². The first kappa shape index (κ1) is 16.1. The van der Waals surface area contributed by atoms with E-state index >= 15 is 0 Å². The van der Waals surface area contributed by atoms with Gasteiger partial charge in [0.15, 0.2) is 11.0 Å². The zero-order valence-electron chi connectivity index (χ0n) is 13.7. The Hall–Kier alpha value is -1.79. The van der Waals surface area contributed by atoms with E-state index in [1.54, 1.807) is 18.9 Å². The van der Waals surface area contributed by atoms with E-state index in [9.17, 15) is 0 Å². The summed E-state index contributed by atoms with van der Waals surface area (Å²) >= 11 is 1.77. The molecule has 0 amide bonds. The predicted molar refractivity (Wildman–Crippen MR) is 94.8 cm³/mol. The summed E-state index contributed by atoms with van der Waals surface area (Å²) in [6.45, 7) is 5.79. The number of nitrogens with zero attached hydrogens (tertiary/aromatic N) is 3. The van der Waals surface area contributed by atoms with Crippen LogP contribution < -0.4 is 0 Å². The predicted octanol–water partition coefficient (Wildman–Crippen LogP) is 3.96. The molecule has 122 valence electrons. The number of hydrogen-bond donors (Lipinski definition) is 1. The summed E-state index contributed by atoms with van der Waals surface area (Å²) < 4.78 is 7.43. The number of aromatic amines is 1. The molecule has 2 aromatic heterocycles. The number of aromatic nitrogens is 4.